The second-order valence-corrected chi connectivity index (χ2v) is 17.1. The summed E-state index contributed by atoms with van der Waals surface area (Å²) < 4.78 is 24.3. The van der Waals surface area contributed by atoms with Gasteiger partial charge in [0.15, 0.2) is 6.29 Å². The van der Waals surface area contributed by atoms with Gasteiger partial charge in [0.25, 0.3) is 0 Å². The zero-order valence-electron chi connectivity index (χ0n) is 29.1. The van der Waals surface area contributed by atoms with Crippen molar-refractivity contribution >= 4 is 5.97 Å². The number of hydrogen-bond acceptors (Lipinski definition) is 9. The minimum absolute atomic E-state index is 0.00390. The molecule has 6 rings (SSSR count). The van der Waals surface area contributed by atoms with Crippen LogP contribution in [0.15, 0.2) is 24.3 Å². The predicted molar refractivity (Wildman–Crippen MR) is 171 cm³/mol. The third-order valence-corrected chi connectivity index (χ3v) is 14.6. The first kappa shape index (κ1) is 34.5. The van der Waals surface area contributed by atoms with E-state index in [9.17, 15) is 25.2 Å². The molecule has 5 fully saturated rings. The normalized spacial score (nSPS) is 50.2. The Morgan fingerprint density at radius 1 is 1.02 bits per heavy atom. The van der Waals surface area contributed by atoms with Crippen LogP contribution >= 0.6 is 0 Å². The number of allylic oxidation sites excluding steroid dienone is 2. The second-order valence-electron chi connectivity index (χ2n) is 17.1. The SMILES string of the molecule is COC(C)(C)C=CCC(C)C1CCC2(C)C3C=CC45OC(=O)C3(CCC12C)C4CCC(OC1OC(CO)C(O)C(O)C1O)C5(C)C. The molecule has 0 aromatic heterocycles. The van der Waals surface area contributed by atoms with Gasteiger partial charge >= 0.3 is 5.97 Å². The minimum Gasteiger partial charge on any atom is -0.453 e. The van der Waals surface area contributed by atoms with Crippen molar-refractivity contribution in [1.29, 1.82) is 0 Å². The van der Waals surface area contributed by atoms with E-state index < -0.39 is 59.8 Å². The average Bonchev–Trinajstić information content (AvgIpc) is 3.37. The van der Waals surface area contributed by atoms with Crippen molar-refractivity contribution in [3.05, 3.63) is 24.3 Å². The molecule has 3 saturated carbocycles. The number of carbonyl (C=O) groups excluding carboxylic acids is 1. The van der Waals surface area contributed by atoms with Gasteiger partial charge in [-0.2, -0.15) is 0 Å². The number of aliphatic hydroxyl groups is 4. The molecule has 9 heteroatoms. The summed E-state index contributed by atoms with van der Waals surface area (Å²) in [4.78, 5) is 14.4. The van der Waals surface area contributed by atoms with Crippen molar-refractivity contribution in [3.63, 3.8) is 0 Å². The summed E-state index contributed by atoms with van der Waals surface area (Å²) in [5, 5.41) is 41.1. The van der Waals surface area contributed by atoms with E-state index in [2.05, 4.69) is 72.8 Å². The summed E-state index contributed by atoms with van der Waals surface area (Å²) >= 11 is 0. The van der Waals surface area contributed by atoms with Gasteiger partial charge in [-0.25, -0.2) is 0 Å². The van der Waals surface area contributed by atoms with E-state index in [-0.39, 0.29) is 34.2 Å². The van der Waals surface area contributed by atoms with E-state index in [1.165, 1.54) is 0 Å². The predicted octanol–water partition coefficient (Wildman–Crippen LogP) is 4.30. The minimum atomic E-state index is -1.51. The van der Waals surface area contributed by atoms with Gasteiger partial charge in [-0.3, -0.25) is 4.79 Å². The molecule has 4 aliphatic carbocycles. The molecular formula is C37H58O9. The summed E-state index contributed by atoms with van der Waals surface area (Å²) in [6.07, 6.45) is 8.16. The molecular weight excluding hydrogens is 588 g/mol. The molecule has 14 atom stereocenters. The molecule has 1 spiro atoms. The van der Waals surface area contributed by atoms with E-state index in [1.54, 1.807) is 7.11 Å². The number of esters is 1. The highest BCUT2D eigenvalue weighted by molar-refractivity contribution is 5.83. The van der Waals surface area contributed by atoms with Crippen LogP contribution in [0.4, 0.5) is 0 Å². The summed E-state index contributed by atoms with van der Waals surface area (Å²) in [6.45, 7) is 15.1. The molecule has 4 N–H and O–H groups in total. The van der Waals surface area contributed by atoms with Gasteiger partial charge in [0, 0.05) is 18.4 Å². The standard InChI is InChI=1S/C37H58O9/c1-21(10-9-15-32(2,3)43-8)22-13-16-35(7)24-14-17-37-25(36(24,31(42)46-37)19-18-34(22,35)6)11-12-26(33(37,4)5)45-30-29(41)28(40)27(39)23(20-38)44-30/h9,14-15,17,21-30,38-41H,10-13,16,18-20H2,1-8H3. The Labute approximate surface area is 274 Å². The molecule has 2 aliphatic heterocycles. The molecule has 0 amide bonds. The Morgan fingerprint density at radius 2 is 1.74 bits per heavy atom. The highest BCUT2D eigenvalue weighted by Gasteiger charge is 2.79. The van der Waals surface area contributed by atoms with Crippen molar-refractivity contribution in [3.8, 4) is 0 Å². The fourth-order valence-electron chi connectivity index (χ4n) is 11.4. The lowest BCUT2D eigenvalue weighted by Gasteiger charge is -2.63. The first-order valence-corrected chi connectivity index (χ1v) is 17.6. The van der Waals surface area contributed by atoms with Gasteiger partial charge in [-0.1, -0.05) is 52.8 Å². The monoisotopic (exact) mass is 646 g/mol. The number of ether oxygens (including phenoxy) is 4. The van der Waals surface area contributed by atoms with Crippen LogP contribution in [-0.4, -0.2) is 88.1 Å². The fraction of sp³-hybridized carbons (Fsp3) is 0.865. The Hall–Kier alpha value is -1.33. The molecule has 46 heavy (non-hydrogen) atoms. The molecule has 0 radical (unpaired) electrons. The van der Waals surface area contributed by atoms with Crippen LogP contribution in [0.1, 0.15) is 93.4 Å². The molecule has 0 aromatic rings. The van der Waals surface area contributed by atoms with Gasteiger partial charge in [-0.05, 0) is 93.5 Å². The van der Waals surface area contributed by atoms with Gasteiger partial charge in [0.05, 0.1) is 23.7 Å². The van der Waals surface area contributed by atoms with Crippen molar-refractivity contribution < 1.29 is 44.2 Å². The largest absolute Gasteiger partial charge is 0.453 e. The van der Waals surface area contributed by atoms with Crippen LogP contribution in [0.25, 0.3) is 0 Å². The molecule has 6 aliphatic rings. The number of hydrogen-bond donors (Lipinski definition) is 4. The highest BCUT2D eigenvalue weighted by atomic mass is 16.7. The molecule has 2 heterocycles. The lowest BCUT2D eigenvalue weighted by molar-refractivity contribution is -0.329. The maximum absolute atomic E-state index is 14.4. The number of methoxy groups -OCH3 is 1. The first-order valence-electron chi connectivity index (χ1n) is 17.6. The van der Waals surface area contributed by atoms with Crippen LogP contribution in [-0.2, 0) is 23.7 Å². The van der Waals surface area contributed by atoms with E-state index in [1.807, 2.05) is 0 Å². The summed E-state index contributed by atoms with van der Waals surface area (Å²) in [5.74, 6) is 1.08. The maximum Gasteiger partial charge on any atom is 0.314 e. The van der Waals surface area contributed by atoms with E-state index in [4.69, 9.17) is 18.9 Å². The van der Waals surface area contributed by atoms with E-state index >= 15 is 0 Å². The van der Waals surface area contributed by atoms with Crippen molar-refractivity contribution in [2.24, 2.45) is 45.3 Å². The number of aliphatic hydroxyl groups excluding tert-OH is 4. The molecule has 9 nitrogen and oxygen atoms in total. The smallest absolute Gasteiger partial charge is 0.314 e. The number of fused-ring (bicyclic) bond motifs is 2. The van der Waals surface area contributed by atoms with Crippen LogP contribution in [0.5, 0.6) is 0 Å². The Bertz CT molecular complexity index is 1240. The zero-order chi connectivity index (χ0) is 33.7. The summed E-state index contributed by atoms with van der Waals surface area (Å²) in [5.41, 5.74) is -2.36. The van der Waals surface area contributed by atoms with E-state index in [0.29, 0.717) is 18.3 Å². The quantitative estimate of drug-likeness (QED) is 0.225. The first-order chi connectivity index (χ1) is 21.5. The average molecular weight is 647 g/mol. The van der Waals surface area contributed by atoms with Crippen LogP contribution in [0, 0.1) is 45.3 Å². The van der Waals surface area contributed by atoms with Crippen LogP contribution < -0.4 is 0 Å². The molecule has 14 unspecified atom stereocenters. The Morgan fingerprint density at radius 3 is 2.41 bits per heavy atom. The maximum atomic E-state index is 14.4. The molecule has 2 saturated heterocycles. The number of rotatable bonds is 8. The molecule has 260 valence electrons. The molecule has 0 aromatic carbocycles. The van der Waals surface area contributed by atoms with Crippen molar-refractivity contribution in [1.82, 2.24) is 0 Å². The summed E-state index contributed by atoms with van der Waals surface area (Å²) in [7, 11) is 1.75. The van der Waals surface area contributed by atoms with Gasteiger partial charge in [0.2, 0.25) is 0 Å². The van der Waals surface area contributed by atoms with Gasteiger partial charge < -0.3 is 39.4 Å². The number of carbonyl (C=O) groups is 1. The Balaban J connectivity index is 1.27. The lowest BCUT2D eigenvalue weighted by atomic mass is 9.38. The van der Waals surface area contributed by atoms with Gasteiger partial charge in [-0.15, -0.1) is 0 Å². The molecule has 2 bridgehead atoms. The van der Waals surface area contributed by atoms with Crippen LogP contribution in [0.2, 0.25) is 0 Å². The fourth-order valence-corrected chi connectivity index (χ4v) is 11.4. The third-order valence-electron chi connectivity index (χ3n) is 14.6. The van der Waals surface area contributed by atoms with Crippen molar-refractivity contribution in [2.45, 2.75) is 141 Å². The third kappa shape index (κ3) is 4.55. The van der Waals surface area contributed by atoms with Crippen LogP contribution in [0.3, 0.4) is 0 Å². The van der Waals surface area contributed by atoms with Crippen molar-refractivity contribution in [2.75, 3.05) is 13.7 Å². The Kier molecular flexibility index (Phi) is 8.53. The van der Waals surface area contributed by atoms with Gasteiger partial charge in [0.1, 0.15) is 30.0 Å². The summed E-state index contributed by atoms with van der Waals surface area (Å²) in [6, 6.07) is 0. The lowest BCUT2D eigenvalue weighted by Crippen LogP contribution is -2.66. The van der Waals surface area contributed by atoms with E-state index in [0.717, 1.165) is 38.5 Å². The zero-order valence-corrected chi connectivity index (χ0v) is 29.1. The topological polar surface area (TPSA) is 135 Å². The second kappa shape index (κ2) is 11.4. The highest BCUT2D eigenvalue weighted by Crippen LogP contribution is 2.78.